The molecule has 1 aliphatic carbocycles. The first-order chi connectivity index (χ1) is 7.68. The maximum atomic E-state index is 11.9. The van der Waals surface area contributed by atoms with Crippen LogP contribution in [0, 0.1) is 0 Å². The molecule has 1 saturated carbocycles. The second-order valence-corrected chi connectivity index (χ2v) is 6.20. The fourth-order valence-electron chi connectivity index (χ4n) is 1.99. The van der Waals surface area contributed by atoms with E-state index in [4.69, 9.17) is 0 Å². The topological polar surface area (TPSA) is 72.2 Å². The molecule has 16 heavy (non-hydrogen) atoms. The van der Waals surface area contributed by atoms with E-state index in [1.165, 1.54) is 12.5 Å². The number of aromatic nitrogens is 1. The number of rotatable bonds is 4. The smallest absolute Gasteiger partial charge is 0.214 e. The zero-order valence-electron chi connectivity index (χ0n) is 9.05. The Hall–Kier alpha value is -0.880. The van der Waals surface area contributed by atoms with E-state index in [9.17, 15) is 8.42 Å². The number of hydrogen-bond acceptors (Lipinski definition) is 4. The van der Waals surface area contributed by atoms with Gasteiger partial charge in [-0.3, -0.25) is 0 Å². The van der Waals surface area contributed by atoms with Crippen molar-refractivity contribution < 1.29 is 12.9 Å². The van der Waals surface area contributed by atoms with Gasteiger partial charge >= 0.3 is 0 Å². The van der Waals surface area contributed by atoms with Gasteiger partial charge in [-0.15, -0.1) is 0 Å². The van der Waals surface area contributed by atoms with E-state index in [0.29, 0.717) is 0 Å². The van der Waals surface area contributed by atoms with Gasteiger partial charge in [0.25, 0.3) is 0 Å². The fourth-order valence-corrected chi connectivity index (χ4v) is 3.55. The van der Waals surface area contributed by atoms with Crippen molar-refractivity contribution in [2.75, 3.05) is 0 Å². The molecule has 0 unspecified atom stereocenters. The molecule has 0 radical (unpaired) electrons. The molecule has 1 N–H and O–H groups in total. The van der Waals surface area contributed by atoms with Crippen LogP contribution in [0.5, 0.6) is 0 Å². The summed E-state index contributed by atoms with van der Waals surface area (Å²) in [6, 6.07) is 0. The van der Waals surface area contributed by atoms with Crippen LogP contribution in [0.3, 0.4) is 0 Å². The van der Waals surface area contributed by atoms with Gasteiger partial charge < -0.3 is 4.52 Å². The Bertz CT molecular complexity index is 407. The number of sulfonamides is 1. The molecule has 0 aliphatic heterocycles. The first kappa shape index (κ1) is 11.6. The zero-order valence-corrected chi connectivity index (χ0v) is 9.87. The largest absolute Gasteiger partial charge is 0.364 e. The van der Waals surface area contributed by atoms with Gasteiger partial charge in [-0.1, -0.05) is 24.4 Å². The third-order valence-corrected chi connectivity index (χ3v) is 4.85. The van der Waals surface area contributed by atoms with E-state index in [1.54, 1.807) is 0 Å². The normalized spacial score (nSPS) is 18.8. The van der Waals surface area contributed by atoms with Gasteiger partial charge in [0.05, 0.1) is 11.4 Å². The van der Waals surface area contributed by atoms with Crippen molar-refractivity contribution in [3.05, 3.63) is 18.0 Å². The average molecular weight is 244 g/mol. The van der Waals surface area contributed by atoms with Gasteiger partial charge in [-0.25, -0.2) is 13.1 Å². The number of nitrogens with one attached hydrogen (secondary N) is 1. The van der Waals surface area contributed by atoms with Gasteiger partial charge in [-0.2, -0.15) is 0 Å². The molecule has 0 spiro atoms. The lowest BCUT2D eigenvalue weighted by atomic mass is 10.0. The lowest BCUT2D eigenvalue weighted by Gasteiger charge is -2.21. The second-order valence-electron chi connectivity index (χ2n) is 4.16. The Morgan fingerprint density at radius 3 is 2.75 bits per heavy atom. The van der Waals surface area contributed by atoms with E-state index in [2.05, 4.69) is 14.4 Å². The van der Waals surface area contributed by atoms with Crippen molar-refractivity contribution >= 4 is 10.0 Å². The third-order valence-electron chi connectivity index (χ3n) is 2.95. The number of nitrogens with zero attached hydrogens (tertiary/aromatic N) is 1. The van der Waals surface area contributed by atoms with Crippen LogP contribution in [-0.2, 0) is 16.6 Å². The molecule has 0 amide bonds. The maximum absolute atomic E-state index is 11.9. The first-order valence-electron chi connectivity index (χ1n) is 5.55. The molecule has 0 atom stereocenters. The predicted molar refractivity (Wildman–Crippen MR) is 59.1 cm³/mol. The summed E-state index contributed by atoms with van der Waals surface area (Å²) in [4.78, 5) is 0. The van der Waals surface area contributed by atoms with Crippen LogP contribution >= 0.6 is 0 Å². The maximum Gasteiger partial charge on any atom is 0.214 e. The molecule has 1 fully saturated rings. The summed E-state index contributed by atoms with van der Waals surface area (Å²) in [5.74, 6) is 0. The Morgan fingerprint density at radius 2 is 2.12 bits per heavy atom. The van der Waals surface area contributed by atoms with Crippen molar-refractivity contribution in [1.82, 2.24) is 9.88 Å². The van der Waals surface area contributed by atoms with Gasteiger partial charge in [0.15, 0.2) is 0 Å². The third kappa shape index (κ3) is 2.82. The minimum absolute atomic E-state index is 0.221. The van der Waals surface area contributed by atoms with Crippen LogP contribution in [0.4, 0.5) is 0 Å². The molecule has 2 rings (SSSR count). The van der Waals surface area contributed by atoms with Crippen LogP contribution in [-0.4, -0.2) is 18.8 Å². The van der Waals surface area contributed by atoms with Gasteiger partial charge in [0.1, 0.15) is 6.26 Å². The van der Waals surface area contributed by atoms with Gasteiger partial charge in [0, 0.05) is 12.1 Å². The van der Waals surface area contributed by atoms with Crippen LogP contribution in [0.15, 0.2) is 17.0 Å². The summed E-state index contributed by atoms with van der Waals surface area (Å²) in [5, 5.41) is 3.30. The van der Waals surface area contributed by atoms with Gasteiger partial charge in [0.2, 0.25) is 10.0 Å². The molecular weight excluding hydrogens is 228 g/mol. The minimum Gasteiger partial charge on any atom is -0.364 e. The molecule has 1 heterocycles. The highest BCUT2D eigenvalue weighted by atomic mass is 32.2. The number of hydrogen-bond donors (Lipinski definition) is 1. The zero-order chi connectivity index (χ0) is 11.4. The summed E-state index contributed by atoms with van der Waals surface area (Å²) >= 11 is 0. The minimum atomic E-state index is -3.18. The Balaban J connectivity index is 1.91. The standard InChI is InChI=1S/C10H16N2O3S/c13-16(14,10-4-2-1-3-5-10)12-7-9-6-11-15-8-9/h6,8,10,12H,1-5,7H2. The van der Waals surface area contributed by atoms with Crippen LogP contribution in [0.2, 0.25) is 0 Å². The average Bonchev–Trinajstić information content (AvgIpc) is 2.81. The van der Waals surface area contributed by atoms with E-state index < -0.39 is 10.0 Å². The Kier molecular flexibility index (Phi) is 3.60. The summed E-state index contributed by atoms with van der Waals surface area (Å²) in [5.41, 5.74) is 0.749. The Morgan fingerprint density at radius 1 is 1.38 bits per heavy atom. The van der Waals surface area contributed by atoms with Crippen molar-refractivity contribution in [3.63, 3.8) is 0 Å². The van der Waals surface area contributed by atoms with Crippen LogP contribution in [0.1, 0.15) is 37.7 Å². The molecule has 1 aromatic heterocycles. The van der Waals surface area contributed by atoms with E-state index >= 15 is 0 Å². The predicted octanol–water partition coefficient (Wildman–Crippen LogP) is 1.43. The van der Waals surface area contributed by atoms with Crippen molar-refractivity contribution in [2.45, 2.75) is 43.9 Å². The SMILES string of the molecule is O=S(=O)(NCc1cnoc1)C1CCCCC1. The van der Waals surface area contributed by atoms with Crippen molar-refractivity contribution in [1.29, 1.82) is 0 Å². The van der Waals surface area contributed by atoms with E-state index in [1.807, 2.05) is 0 Å². The summed E-state index contributed by atoms with van der Waals surface area (Å²) < 4.78 is 31.1. The molecular formula is C10H16N2O3S. The highest BCUT2D eigenvalue weighted by Crippen LogP contribution is 2.23. The van der Waals surface area contributed by atoms with Crippen LogP contribution in [0.25, 0.3) is 0 Å². The monoisotopic (exact) mass is 244 g/mol. The quantitative estimate of drug-likeness (QED) is 0.869. The Labute approximate surface area is 95.3 Å². The molecule has 1 aliphatic rings. The summed E-state index contributed by atoms with van der Waals surface area (Å²) in [6.45, 7) is 0.266. The van der Waals surface area contributed by atoms with Crippen LogP contribution < -0.4 is 4.72 Å². The molecule has 90 valence electrons. The molecule has 1 aromatic rings. The molecule has 0 bridgehead atoms. The summed E-state index contributed by atoms with van der Waals surface area (Å²) in [7, 11) is -3.18. The van der Waals surface area contributed by atoms with Gasteiger partial charge in [-0.05, 0) is 12.8 Å². The fraction of sp³-hybridized carbons (Fsp3) is 0.700. The molecule has 0 aromatic carbocycles. The van der Waals surface area contributed by atoms with E-state index in [-0.39, 0.29) is 11.8 Å². The lowest BCUT2D eigenvalue weighted by Crippen LogP contribution is -2.35. The molecule has 6 heteroatoms. The first-order valence-corrected chi connectivity index (χ1v) is 7.10. The lowest BCUT2D eigenvalue weighted by molar-refractivity contribution is 0.418. The van der Waals surface area contributed by atoms with Crippen molar-refractivity contribution in [3.8, 4) is 0 Å². The summed E-state index contributed by atoms with van der Waals surface area (Å²) in [6.07, 6.45) is 7.69. The second kappa shape index (κ2) is 4.97. The highest BCUT2D eigenvalue weighted by Gasteiger charge is 2.26. The van der Waals surface area contributed by atoms with E-state index in [0.717, 1.165) is 37.7 Å². The molecule has 0 saturated heterocycles. The van der Waals surface area contributed by atoms with Crippen molar-refractivity contribution in [2.24, 2.45) is 0 Å². The molecule has 5 nitrogen and oxygen atoms in total. The highest BCUT2D eigenvalue weighted by molar-refractivity contribution is 7.90.